The van der Waals surface area contributed by atoms with Gasteiger partial charge in [0.05, 0.1) is 11.9 Å². The van der Waals surface area contributed by atoms with Gasteiger partial charge in [0.15, 0.2) is 12.7 Å². The summed E-state index contributed by atoms with van der Waals surface area (Å²) in [5, 5.41) is 21.6. The van der Waals surface area contributed by atoms with Crippen LogP contribution in [0.25, 0.3) is 10.8 Å². The van der Waals surface area contributed by atoms with E-state index in [2.05, 4.69) is 27.5 Å². The lowest BCUT2D eigenvalue weighted by atomic mass is 9.98. The number of aliphatic hydroxyl groups is 1. The fourth-order valence-electron chi connectivity index (χ4n) is 5.29. The van der Waals surface area contributed by atoms with Crippen molar-refractivity contribution < 1.29 is 29.0 Å². The molecule has 4 N–H and O–H groups in total. The highest BCUT2D eigenvalue weighted by atomic mass is 32.2. The Labute approximate surface area is 279 Å². The third-order valence-electron chi connectivity index (χ3n) is 7.52. The second-order valence-corrected chi connectivity index (χ2v) is 13.6. The normalized spacial score (nSPS) is 16.7. The van der Waals surface area contributed by atoms with Crippen molar-refractivity contribution in [2.24, 2.45) is 0 Å². The van der Waals surface area contributed by atoms with Gasteiger partial charge in [-0.3, -0.25) is 24.2 Å². The van der Waals surface area contributed by atoms with Gasteiger partial charge in [-0.15, -0.1) is 11.8 Å². The molecule has 1 aliphatic rings. The monoisotopic (exact) mass is 661 g/mol. The summed E-state index contributed by atoms with van der Waals surface area (Å²) in [6.07, 6.45) is 2.69. The maximum absolute atomic E-state index is 13.8. The fourth-order valence-corrected chi connectivity index (χ4v) is 6.26. The van der Waals surface area contributed by atoms with Crippen LogP contribution in [-0.4, -0.2) is 80.9 Å². The lowest BCUT2D eigenvalue weighted by molar-refractivity contribution is -0.146. The van der Waals surface area contributed by atoms with Crippen molar-refractivity contribution in [2.45, 2.75) is 76.7 Å². The Morgan fingerprint density at radius 1 is 1.09 bits per heavy atom. The largest absolute Gasteiger partial charge is 0.483 e. The van der Waals surface area contributed by atoms with Gasteiger partial charge >= 0.3 is 0 Å². The highest BCUT2D eigenvalue weighted by Crippen LogP contribution is 2.33. The highest BCUT2D eigenvalue weighted by molar-refractivity contribution is 8.03. The fraction of sp³-hybridized carbons (Fsp3) is 0.400. The van der Waals surface area contributed by atoms with Crippen LogP contribution in [0.2, 0.25) is 0 Å². The highest BCUT2D eigenvalue weighted by Gasteiger charge is 2.43. The van der Waals surface area contributed by atoms with E-state index in [0.29, 0.717) is 23.5 Å². The van der Waals surface area contributed by atoms with E-state index in [0.717, 1.165) is 16.3 Å². The molecule has 1 fully saturated rings. The number of amides is 4. The molecule has 0 unspecified atom stereocenters. The van der Waals surface area contributed by atoms with Gasteiger partial charge in [0.25, 0.3) is 11.8 Å². The first-order valence-electron chi connectivity index (χ1n) is 15.6. The molecule has 47 heavy (non-hydrogen) atoms. The van der Waals surface area contributed by atoms with Crippen molar-refractivity contribution >= 4 is 46.2 Å². The molecule has 4 atom stereocenters. The average molecular weight is 662 g/mol. The number of nitrogens with zero attached hydrogens (tertiary/aromatic N) is 2. The van der Waals surface area contributed by atoms with Crippen molar-refractivity contribution in [1.29, 1.82) is 0 Å². The van der Waals surface area contributed by atoms with Crippen LogP contribution in [-0.2, 0) is 25.6 Å². The van der Waals surface area contributed by atoms with Gasteiger partial charge in [-0.2, -0.15) is 0 Å². The molecule has 2 aromatic carbocycles. The van der Waals surface area contributed by atoms with Crippen molar-refractivity contribution in [3.8, 4) is 5.75 Å². The summed E-state index contributed by atoms with van der Waals surface area (Å²) >= 11 is 1.25. The molecule has 3 aromatic rings. The zero-order valence-electron chi connectivity index (χ0n) is 27.2. The zero-order chi connectivity index (χ0) is 34.1. The first kappa shape index (κ1) is 35.4. The number of carbonyl (C=O) groups excluding carboxylic acids is 4. The van der Waals surface area contributed by atoms with Crippen molar-refractivity contribution in [3.05, 3.63) is 84.0 Å². The van der Waals surface area contributed by atoms with Crippen LogP contribution in [0.5, 0.6) is 5.75 Å². The number of nitrogens with one attached hydrogen (secondary N) is 3. The Bertz CT molecular complexity index is 1590. The van der Waals surface area contributed by atoms with Gasteiger partial charge in [0, 0.05) is 33.6 Å². The van der Waals surface area contributed by atoms with Crippen LogP contribution in [0.3, 0.4) is 0 Å². The van der Waals surface area contributed by atoms with E-state index in [9.17, 15) is 24.3 Å². The van der Waals surface area contributed by atoms with Crippen molar-refractivity contribution in [1.82, 2.24) is 25.8 Å². The van der Waals surface area contributed by atoms with Crippen LogP contribution in [0, 0.1) is 0 Å². The van der Waals surface area contributed by atoms with Crippen molar-refractivity contribution in [3.63, 3.8) is 0 Å². The summed E-state index contributed by atoms with van der Waals surface area (Å²) in [6, 6.07) is 13.4. The minimum Gasteiger partial charge on any atom is -0.483 e. The van der Waals surface area contributed by atoms with Crippen molar-refractivity contribution in [2.75, 3.05) is 12.5 Å². The van der Waals surface area contributed by atoms with E-state index in [1.54, 1.807) is 30.6 Å². The molecular formula is C35H43N5O6S. The molecule has 0 bridgehead atoms. The van der Waals surface area contributed by atoms with Gasteiger partial charge in [-0.05, 0) is 51.3 Å². The molecule has 0 saturated carbocycles. The summed E-state index contributed by atoms with van der Waals surface area (Å²) in [4.78, 5) is 59.4. The number of carbonyl (C=O) groups is 4. The number of fused-ring (bicyclic) bond motifs is 1. The predicted octanol–water partition coefficient (Wildman–Crippen LogP) is 3.32. The third kappa shape index (κ3) is 9.55. The quantitative estimate of drug-likeness (QED) is 0.218. The Morgan fingerprint density at radius 2 is 1.83 bits per heavy atom. The molecule has 1 saturated heterocycles. The summed E-state index contributed by atoms with van der Waals surface area (Å²) in [7, 11) is 0. The number of aliphatic hydroxyl groups excluding tert-OH is 1. The summed E-state index contributed by atoms with van der Waals surface area (Å²) < 4.78 is 5.79. The van der Waals surface area contributed by atoms with E-state index >= 15 is 0 Å². The minimum atomic E-state index is -1.68. The van der Waals surface area contributed by atoms with Gasteiger partial charge in [-0.1, -0.05) is 62.4 Å². The number of thioether (sulfide) groups is 1. The van der Waals surface area contributed by atoms with E-state index in [1.807, 2.05) is 64.1 Å². The molecule has 4 rings (SSSR count). The van der Waals surface area contributed by atoms with Crippen LogP contribution >= 0.6 is 11.8 Å². The molecule has 0 spiro atoms. The molecule has 11 nitrogen and oxygen atoms in total. The number of ether oxygens (including phenoxy) is 1. The maximum atomic E-state index is 13.8. The average Bonchev–Trinajstić information content (AvgIpc) is 3.43. The van der Waals surface area contributed by atoms with Crippen LogP contribution < -0.4 is 20.7 Å². The Kier molecular flexibility index (Phi) is 12.0. The van der Waals surface area contributed by atoms with Crippen LogP contribution in [0.4, 0.5) is 0 Å². The SMILES string of the molecule is C=C1SCN(C(=O)[C@@H](O)[C@H](Cc2ccccc2)NC(=O)[C@H](CCC)NC(=O)COc2cccc3cnccc23)[C@@H]1C(=O)NC(C)(C)C. The first-order valence-corrected chi connectivity index (χ1v) is 16.6. The smallest absolute Gasteiger partial charge is 0.258 e. The molecule has 4 amide bonds. The number of benzene rings is 2. The molecular weight excluding hydrogens is 618 g/mol. The number of rotatable bonds is 13. The van der Waals surface area contributed by atoms with Crippen LogP contribution in [0.1, 0.15) is 46.1 Å². The lowest BCUT2D eigenvalue weighted by Gasteiger charge is -2.32. The number of aromatic nitrogens is 1. The summed E-state index contributed by atoms with van der Waals surface area (Å²) in [6.45, 7) is 11.0. The molecule has 0 aliphatic carbocycles. The van der Waals surface area contributed by atoms with Gasteiger partial charge in [0.2, 0.25) is 11.8 Å². The van der Waals surface area contributed by atoms with E-state index < -0.39 is 53.4 Å². The van der Waals surface area contributed by atoms with E-state index in [1.165, 1.54) is 16.7 Å². The molecule has 250 valence electrons. The Balaban J connectivity index is 1.48. The third-order valence-corrected chi connectivity index (χ3v) is 8.53. The van der Waals surface area contributed by atoms with Gasteiger partial charge < -0.3 is 30.7 Å². The summed E-state index contributed by atoms with van der Waals surface area (Å²) in [5.74, 6) is -1.51. The Hall–Kier alpha value is -4.42. The maximum Gasteiger partial charge on any atom is 0.258 e. The van der Waals surface area contributed by atoms with Gasteiger partial charge in [-0.25, -0.2) is 0 Å². The van der Waals surface area contributed by atoms with Gasteiger partial charge in [0.1, 0.15) is 17.8 Å². The second kappa shape index (κ2) is 15.9. The van der Waals surface area contributed by atoms with E-state index in [4.69, 9.17) is 4.74 Å². The summed E-state index contributed by atoms with van der Waals surface area (Å²) in [5.41, 5.74) is 0.236. The van der Waals surface area contributed by atoms with Crippen LogP contribution in [0.15, 0.2) is 78.5 Å². The minimum absolute atomic E-state index is 0.130. The molecule has 1 aromatic heterocycles. The lowest BCUT2D eigenvalue weighted by Crippen LogP contribution is -2.59. The topological polar surface area (TPSA) is 150 Å². The zero-order valence-corrected chi connectivity index (χ0v) is 28.0. The molecule has 0 radical (unpaired) electrons. The molecule has 1 aliphatic heterocycles. The number of hydrogen-bond donors (Lipinski definition) is 4. The number of pyridine rings is 1. The Morgan fingerprint density at radius 3 is 2.53 bits per heavy atom. The second-order valence-electron chi connectivity index (χ2n) is 12.5. The first-order chi connectivity index (χ1) is 22.4. The van der Waals surface area contributed by atoms with E-state index in [-0.39, 0.29) is 18.9 Å². The number of hydrogen-bond acceptors (Lipinski definition) is 8. The standard InChI is InChI=1S/C35H43N5O6S/c1-6-11-26(37-29(41)20-46-28-15-10-14-24-19-36-17-16-25(24)28)32(43)38-27(18-23-12-8-7-9-13-23)31(42)34(45)40-21-47-22(2)30(40)33(44)39-35(3,4)5/h7-10,12-17,19,26-27,30-31,42H,2,6,11,18,20-21H2,1,3-5H3,(H,37,41)(H,38,43)(H,39,44)/t26-,27-,30-,31-/m0/s1. The molecule has 2 heterocycles. The predicted molar refractivity (Wildman–Crippen MR) is 182 cm³/mol. The molecule has 12 heteroatoms.